The van der Waals surface area contributed by atoms with E-state index in [0.29, 0.717) is 6.42 Å². The molecule has 0 unspecified atom stereocenters. The third kappa shape index (κ3) is 6.62. The molecule has 0 saturated heterocycles. The summed E-state index contributed by atoms with van der Waals surface area (Å²) in [6.07, 6.45) is 1.55. The molecule has 1 N–H and O–H groups in total. The standard InChI is InChI=1S/C11H23NO/c1-7-11(5,6)12-9(13)8-10(2,3)4/h7-8H2,1-6H3,(H,12,13). The molecule has 0 fully saturated rings. The van der Waals surface area contributed by atoms with E-state index in [1.54, 1.807) is 0 Å². The lowest BCUT2D eigenvalue weighted by Crippen LogP contribution is -2.43. The highest BCUT2D eigenvalue weighted by Gasteiger charge is 2.21. The fraction of sp³-hybridized carbons (Fsp3) is 0.909. The van der Waals surface area contributed by atoms with E-state index < -0.39 is 0 Å². The summed E-state index contributed by atoms with van der Waals surface area (Å²) in [7, 11) is 0. The minimum absolute atomic E-state index is 0.0671. The highest BCUT2D eigenvalue weighted by molar-refractivity contribution is 5.77. The molecule has 0 spiro atoms. The second kappa shape index (κ2) is 4.12. The molecule has 78 valence electrons. The number of hydrogen-bond donors (Lipinski definition) is 1. The molecule has 0 bridgehead atoms. The molecule has 0 heterocycles. The topological polar surface area (TPSA) is 29.1 Å². The van der Waals surface area contributed by atoms with Gasteiger partial charge in [-0.1, -0.05) is 27.7 Å². The van der Waals surface area contributed by atoms with E-state index in [-0.39, 0.29) is 16.9 Å². The van der Waals surface area contributed by atoms with Gasteiger partial charge in [-0.15, -0.1) is 0 Å². The number of carbonyl (C=O) groups is 1. The zero-order valence-electron chi connectivity index (χ0n) is 9.82. The average Bonchev–Trinajstić information content (AvgIpc) is 1.81. The van der Waals surface area contributed by atoms with Crippen molar-refractivity contribution in [3.05, 3.63) is 0 Å². The Kier molecular flexibility index (Phi) is 3.95. The van der Waals surface area contributed by atoms with E-state index in [1.807, 2.05) is 13.8 Å². The van der Waals surface area contributed by atoms with Crippen LogP contribution in [0.15, 0.2) is 0 Å². The Bertz CT molecular complexity index is 177. The van der Waals surface area contributed by atoms with E-state index >= 15 is 0 Å². The Hall–Kier alpha value is -0.530. The summed E-state index contributed by atoms with van der Waals surface area (Å²) in [5, 5.41) is 3.02. The van der Waals surface area contributed by atoms with Gasteiger partial charge in [-0.2, -0.15) is 0 Å². The molecule has 0 aromatic rings. The SMILES string of the molecule is CCC(C)(C)NC(=O)CC(C)(C)C. The van der Waals surface area contributed by atoms with Gasteiger partial charge in [0.2, 0.25) is 5.91 Å². The first-order valence-corrected chi connectivity index (χ1v) is 4.97. The Balaban J connectivity index is 4.03. The molecule has 1 amide bonds. The van der Waals surface area contributed by atoms with Gasteiger partial charge >= 0.3 is 0 Å². The number of carbonyl (C=O) groups excluding carboxylic acids is 1. The van der Waals surface area contributed by atoms with Crippen LogP contribution in [-0.2, 0) is 4.79 Å². The van der Waals surface area contributed by atoms with Crippen LogP contribution in [0.1, 0.15) is 54.4 Å². The van der Waals surface area contributed by atoms with Crippen LogP contribution >= 0.6 is 0 Å². The first-order chi connectivity index (χ1) is 5.66. The van der Waals surface area contributed by atoms with Gasteiger partial charge in [-0.25, -0.2) is 0 Å². The average molecular weight is 185 g/mol. The zero-order valence-corrected chi connectivity index (χ0v) is 9.82. The highest BCUT2D eigenvalue weighted by atomic mass is 16.1. The van der Waals surface area contributed by atoms with Gasteiger partial charge in [-0.05, 0) is 25.7 Å². The Labute approximate surface area is 82.1 Å². The summed E-state index contributed by atoms with van der Waals surface area (Å²) in [6.45, 7) is 12.4. The molecule has 2 heteroatoms. The summed E-state index contributed by atoms with van der Waals surface area (Å²) in [5.41, 5.74) is 0.0102. The summed E-state index contributed by atoms with van der Waals surface area (Å²) in [4.78, 5) is 11.5. The molecule has 0 aliphatic rings. The second-order valence-electron chi connectivity index (χ2n) is 5.52. The fourth-order valence-electron chi connectivity index (χ4n) is 0.992. The van der Waals surface area contributed by atoms with Crippen LogP contribution in [0.2, 0.25) is 0 Å². The van der Waals surface area contributed by atoms with Crippen LogP contribution in [0.5, 0.6) is 0 Å². The molecule has 0 aliphatic heterocycles. The van der Waals surface area contributed by atoms with Crippen molar-refractivity contribution in [1.82, 2.24) is 5.32 Å². The van der Waals surface area contributed by atoms with E-state index in [1.165, 1.54) is 0 Å². The second-order valence-corrected chi connectivity index (χ2v) is 5.52. The minimum atomic E-state index is -0.0671. The third-order valence-corrected chi connectivity index (χ3v) is 2.05. The fourth-order valence-corrected chi connectivity index (χ4v) is 0.992. The van der Waals surface area contributed by atoms with Gasteiger partial charge < -0.3 is 5.32 Å². The van der Waals surface area contributed by atoms with Crippen LogP contribution in [-0.4, -0.2) is 11.4 Å². The van der Waals surface area contributed by atoms with Crippen LogP contribution in [0.3, 0.4) is 0 Å². The maximum absolute atomic E-state index is 11.5. The lowest BCUT2D eigenvalue weighted by atomic mass is 9.91. The zero-order chi connectivity index (χ0) is 10.7. The van der Waals surface area contributed by atoms with Crippen molar-refractivity contribution in [2.75, 3.05) is 0 Å². The van der Waals surface area contributed by atoms with Crippen LogP contribution in [0.4, 0.5) is 0 Å². The van der Waals surface area contributed by atoms with Crippen molar-refractivity contribution in [3.8, 4) is 0 Å². The lowest BCUT2D eigenvalue weighted by molar-refractivity contribution is -0.124. The van der Waals surface area contributed by atoms with Gasteiger partial charge in [-0.3, -0.25) is 4.79 Å². The molecular formula is C11H23NO. The van der Waals surface area contributed by atoms with Crippen molar-refractivity contribution in [1.29, 1.82) is 0 Å². The monoisotopic (exact) mass is 185 g/mol. The van der Waals surface area contributed by atoms with Gasteiger partial charge in [0.1, 0.15) is 0 Å². The largest absolute Gasteiger partial charge is 0.351 e. The quantitative estimate of drug-likeness (QED) is 0.719. The molecule has 13 heavy (non-hydrogen) atoms. The Morgan fingerprint density at radius 1 is 1.15 bits per heavy atom. The van der Waals surface area contributed by atoms with E-state index in [9.17, 15) is 4.79 Å². The summed E-state index contributed by atoms with van der Waals surface area (Å²) in [5.74, 6) is 0.152. The molecule has 0 rings (SSSR count). The molecule has 2 nitrogen and oxygen atoms in total. The Morgan fingerprint density at radius 3 is 1.92 bits per heavy atom. The van der Waals surface area contributed by atoms with Gasteiger partial charge in [0.05, 0.1) is 0 Å². The molecule has 0 saturated carbocycles. The predicted octanol–water partition coefficient (Wildman–Crippen LogP) is 2.73. The first-order valence-electron chi connectivity index (χ1n) is 4.97. The highest BCUT2D eigenvalue weighted by Crippen LogP contribution is 2.19. The predicted molar refractivity (Wildman–Crippen MR) is 56.6 cm³/mol. The summed E-state index contributed by atoms with van der Waals surface area (Å²) in [6, 6.07) is 0. The number of hydrogen-bond acceptors (Lipinski definition) is 1. The number of amides is 1. The Morgan fingerprint density at radius 2 is 1.62 bits per heavy atom. The van der Waals surface area contributed by atoms with E-state index in [0.717, 1.165) is 6.42 Å². The smallest absolute Gasteiger partial charge is 0.220 e. The van der Waals surface area contributed by atoms with E-state index in [4.69, 9.17) is 0 Å². The molecule has 0 radical (unpaired) electrons. The van der Waals surface area contributed by atoms with Gasteiger partial charge in [0.15, 0.2) is 0 Å². The van der Waals surface area contributed by atoms with Gasteiger partial charge in [0.25, 0.3) is 0 Å². The van der Waals surface area contributed by atoms with Crippen LogP contribution < -0.4 is 5.32 Å². The van der Waals surface area contributed by atoms with Crippen LogP contribution in [0, 0.1) is 5.41 Å². The maximum Gasteiger partial charge on any atom is 0.220 e. The summed E-state index contributed by atoms with van der Waals surface area (Å²) < 4.78 is 0. The van der Waals surface area contributed by atoms with Gasteiger partial charge in [0, 0.05) is 12.0 Å². The molecule has 0 atom stereocenters. The molecule has 0 aliphatic carbocycles. The van der Waals surface area contributed by atoms with E-state index in [2.05, 4.69) is 33.0 Å². The third-order valence-electron chi connectivity index (χ3n) is 2.05. The van der Waals surface area contributed by atoms with Crippen molar-refractivity contribution in [3.63, 3.8) is 0 Å². The lowest BCUT2D eigenvalue weighted by Gasteiger charge is -2.27. The first kappa shape index (κ1) is 12.5. The summed E-state index contributed by atoms with van der Waals surface area (Å²) >= 11 is 0. The molecule has 0 aromatic heterocycles. The number of rotatable bonds is 3. The normalized spacial score (nSPS) is 12.8. The molecule has 0 aromatic carbocycles. The van der Waals surface area contributed by atoms with Crippen molar-refractivity contribution < 1.29 is 4.79 Å². The van der Waals surface area contributed by atoms with Crippen molar-refractivity contribution in [2.45, 2.75) is 59.9 Å². The molecular weight excluding hydrogens is 162 g/mol. The maximum atomic E-state index is 11.5. The van der Waals surface area contributed by atoms with Crippen molar-refractivity contribution >= 4 is 5.91 Å². The van der Waals surface area contributed by atoms with Crippen LogP contribution in [0.25, 0.3) is 0 Å². The van der Waals surface area contributed by atoms with Crippen molar-refractivity contribution in [2.24, 2.45) is 5.41 Å². The number of nitrogens with one attached hydrogen (secondary N) is 1. The minimum Gasteiger partial charge on any atom is -0.351 e.